The van der Waals surface area contributed by atoms with Gasteiger partial charge in [0.15, 0.2) is 11.6 Å². The highest BCUT2D eigenvalue weighted by Gasteiger charge is 2.41. The first-order valence-corrected chi connectivity index (χ1v) is 13.0. The summed E-state index contributed by atoms with van der Waals surface area (Å²) < 4.78 is 115. The number of aromatic nitrogens is 2. The van der Waals surface area contributed by atoms with Crippen LogP contribution in [0.15, 0.2) is 42.9 Å². The molecule has 0 radical (unpaired) electrons. The predicted octanol–water partition coefficient (Wildman–Crippen LogP) is 4.63. The summed E-state index contributed by atoms with van der Waals surface area (Å²) >= 11 is 0. The number of piperidine rings is 1. The van der Waals surface area contributed by atoms with Crippen LogP contribution < -0.4 is 4.90 Å². The minimum Gasteiger partial charge on any atom is -0.475 e. The summed E-state index contributed by atoms with van der Waals surface area (Å²) in [5, 5.41) is 21.4. The lowest BCUT2D eigenvalue weighted by Crippen LogP contribution is -2.50. The molecule has 0 amide bonds. The minimum absolute atomic E-state index is 0.0148. The van der Waals surface area contributed by atoms with E-state index in [0.717, 1.165) is 45.6 Å². The third-order valence-corrected chi connectivity index (χ3v) is 6.08. The van der Waals surface area contributed by atoms with Crippen molar-refractivity contribution in [3.05, 3.63) is 54.2 Å². The Morgan fingerprint density at radius 2 is 1.36 bits per heavy atom. The molecule has 2 fully saturated rings. The first kappa shape index (κ1) is 40.8. The number of carboxylic acid groups (broad SMARTS) is 3. The van der Waals surface area contributed by atoms with Gasteiger partial charge < -0.3 is 25.0 Å². The van der Waals surface area contributed by atoms with Crippen molar-refractivity contribution in [2.45, 2.75) is 37.9 Å². The molecule has 0 aliphatic carbocycles. The number of hydrogen-bond donors (Lipinski definition) is 3. The first-order valence-electron chi connectivity index (χ1n) is 13.0. The number of ether oxygens (including phenoxy) is 1. The Labute approximate surface area is 259 Å². The molecule has 2 aliphatic heterocycles. The highest BCUT2D eigenvalue weighted by Crippen LogP contribution is 2.35. The molecule has 4 heterocycles. The molecule has 21 heteroatoms. The van der Waals surface area contributed by atoms with Crippen LogP contribution in [-0.4, -0.2) is 106 Å². The van der Waals surface area contributed by atoms with Gasteiger partial charge in [-0.15, -0.1) is 0 Å². The maximum Gasteiger partial charge on any atom is 0.490 e. The molecular weight excluding hydrogens is 670 g/mol. The van der Waals surface area contributed by atoms with Gasteiger partial charge in [0.2, 0.25) is 0 Å². The van der Waals surface area contributed by atoms with Crippen LogP contribution >= 0.6 is 0 Å². The molecule has 3 N–H and O–H groups in total. The zero-order valence-corrected chi connectivity index (χ0v) is 23.9. The number of nitrogens with zero attached hydrogens (tertiary/aromatic N) is 4. The molecule has 4 rings (SSSR count). The van der Waals surface area contributed by atoms with Crippen LogP contribution in [0.25, 0.3) is 0 Å². The third-order valence-electron chi connectivity index (χ3n) is 6.08. The van der Waals surface area contributed by atoms with Gasteiger partial charge in [0.05, 0.1) is 13.2 Å². The highest BCUT2D eigenvalue weighted by molar-refractivity contribution is 5.73. The Bertz CT molecular complexity index is 1240. The van der Waals surface area contributed by atoms with Gasteiger partial charge >= 0.3 is 36.4 Å². The lowest BCUT2D eigenvalue weighted by atomic mass is 9.80. The van der Waals surface area contributed by atoms with Crippen LogP contribution in [0.2, 0.25) is 0 Å². The van der Waals surface area contributed by atoms with Crippen LogP contribution in [0.5, 0.6) is 0 Å². The fourth-order valence-corrected chi connectivity index (χ4v) is 4.23. The van der Waals surface area contributed by atoms with Crippen molar-refractivity contribution in [3.63, 3.8) is 0 Å². The van der Waals surface area contributed by atoms with Crippen LogP contribution in [0, 0.1) is 11.2 Å². The van der Waals surface area contributed by atoms with E-state index in [-0.39, 0.29) is 11.2 Å². The summed E-state index contributed by atoms with van der Waals surface area (Å²) in [5.41, 5.74) is 1.24. The molecule has 11 nitrogen and oxygen atoms in total. The zero-order valence-electron chi connectivity index (χ0n) is 23.9. The molecule has 1 atom stereocenters. The Balaban J connectivity index is 0.000000430. The lowest BCUT2D eigenvalue weighted by molar-refractivity contribution is -0.193. The van der Waals surface area contributed by atoms with Crippen molar-refractivity contribution in [2.24, 2.45) is 5.41 Å². The van der Waals surface area contributed by atoms with E-state index in [0.29, 0.717) is 19.0 Å². The van der Waals surface area contributed by atoms with E-state index in [1.54, 1.807) is 18.5 Å². The maximum absolute atomic E-state index is 14.3. The molecule has 2 saturated heterocycles. The second-order valence-corrected chi connectivity index (χ2v) is 9.87. The van der Waals surface area contributed by atoms with Crippen molar-refractivity contribution in [2.75, 3.05) is 44.3 Å². The second kappa shape index (κ2) is 17.6. The Morgan fingerprint density at radius 3 is 1.83 bits per heavy atom. The minimum atomic E-state index is -5.08. The number of anilines is 1. The van der Waals surface area contributed by atoms with Crippen molar-refractivity contribution >= 4 is 23.7 Å². The number of carboxylic acids is 3. The van der Waals surface area contributed by atoms with Crippen molar-refractivity contribution in [1.29, 1.82) is 0 Å². The monoisotopic (exact) mass is 698 g/mol. The van der Waals surface area contributed by atoms with Gasteiger partial charge in [0, 0.05) is 50.2 Å². The average Bonchev–Trinajstić information content (AvgIpc) is 3.15. The molecule has 0 bridgehead atoms. The number of hydrogen-bond acceptors (Lipinski definition) is 8. The summed E-state index contributed by atoms with van der Waals surface area (Å²) in [6.07, 6.45) is -7.63. The standard InChI is InChI=1S/C20H25FN4O.3C2HF3O2/c21-18-5-2-8-23-19(18)25-10-11-26-16-20(15-25)6-3-9-24(14-20)13-17-4-1-7-22-12-17;3*3-2(4,5)1(6)7/h1-2,4-5,7-8,12H,3,6,9-11,13-16H2;3*(H,6,7). The largest absolute Gasteiger partial charge is 0.490 e. The Kier molecular flexibility index (Phi) is 15.3. The van der Waals surface area contributed by atoms with Crippen LogP contribution in [0.1, 0.15) is 18.4 Å². The number of alkyl halides is 9. The van der Waals surface area contributed by atoms with E-state index in [2.05, 4.69) is 25.8 Å². The molecule has 47 heavy (non-hydrogen) atoms. The Morgan fingerprint density at radius 1 is 0.830 bits per heavy atom. The summed E-state index contributed by atoms with van der Waals surface area (Å²) in [6.45, 7) is 5.72. The van der Waals surface area contributed by atoms with E-state index in [9.17, 15) is 43.9 Å². The fourth-order valence-electron chi connectivity index (χ4n) is 4.23. The normalized spacial score (nSPS) is 18.6. The number of aliphatic carboxylic acids is 3. The number of halogens is 10. The summed E-state index contributed by atoms with van der Waals surface area (Å²) in [5.74, 6) is -8.08. The van der Waals surface area contributed by atoms with Crippen LogP contribution in [0.3, 0.4) is 0 Å². The molecule has 2 aromatic heterocycles. The van der Waals surface area contributed by atoms with Gasteiger partial charge in [-0.05, 0) is 43.1 Å². The summed E-state index contributed by atoms with van der Waals surface area (Å²) in [4.78, 5) is 39.7. The Hall–Kier alpha value is -4.27. The van der Waals surface area contributed by atoms with Gasteiger partial charge in [-0.2, -0.15) is 39.5 Å². The molecule has 264 valence electrons. The van der Waals surface area contributed by atoms with E-state index in [1.807, 2.05) is 12.3 Å². The number of likely N-dealkylation sites (tertiary alicyclic amines) is 1. The highest BCUT2D eigenvalue weighted by atomic mass is 19.4. The molecule has 2 aromatic rings. The quantitative estimate of drug-likeness (QED) is 0.385. The molecule has 1 unspecified atom stereocenters. The topological polar surface area (TPSA) is 153 Å². The first-order chi connectivity index (χ1) is 21.6. The lowest BCUT2D eigenvalue weighted by Gasteiger charge is -2.43. The molecule has 2 aliphatic rings. The van der Waals surface area contributed by atoms with E-state index >= 15 is 0 Å². The fraction of sp³-hybridized carbons (Fsp3) is 0.500. The third kappa shape index (κ3) is 15.2. The SMILES string of the molecule is Fc1cccnc1N1CCOCC2(CCCN(Cc3cccnc3)C2)C1.O=C(O)C(F)(F)F.O=C(O)C(F)(F)F.O=C(O)C(F)(F)F. The van der Waals surface area contributed by atoms with Gasteiger partial charge in [-0.3, -0.25) is 9.88 Å². The van der Waals surface area contributed by atoms with E-state index < -0.39 is 36.4 Å². The van der Waals surface area contributed by atoms with Gasteiger partial charge in [0.25, 0.3) is 0 Å². The van der Waals surface area contributed by atoms with Gasteiger partial charge in [0.1, 0.15) is 0 Å². The van der Waals surface area contributed by atoms with E-state index in [1.165, 1.54) is 11.6 Å². The van der Waals surface area contributed by atoms with Crippen LogP contribution in [-0.2, 0) is 25.7 Å². The molecular formula is C26H28F10N4O7. The number of pyridine rings is 2. The van der Waals surface area contributed by atoms with Crippen molar-refractivity contribution < 1.29 is 78.3 Å². The van der Waals surface area contributed by atoms with E-state index in [4.69, 9.17) is 34.4 Å². The predicted molar refractivity (Wildman–Crippen MR) is 139 cm³/mol. The second-order valence-electron chi connectivity index (χ2n) is 9.87. The average molecular weight is 699 g/mol. The zero-order chi connectivity index (χ0) is 36.1. The van der Waals surface area contributed by atoms with Gasteiger partial charge in [-0.25, -0.2) is 23.8 Å². The smallest absolute Gasteiger partial charge is 0.475 e. The summed E-state index contributed by atoms with van der Waals surface area (Å²) in [7, 11) is 0. The molecule has 0 saturated carbocycles. The maximum atomic E-state index is 14.3. The van der Waals surface area contributed by atoms with Gasteiger partial charge in [-0.1, -0.05) is 6.07 Å². The van der Waals surface area contributed by atoms with Crippen molar-refractivity contribution in [3.8, 4) is 0 Å². The molecule has 0 aromatic carbocycles. The number of carbonyl (C=O) groups is 3. The summed E-state index contributed by atoms with van der Waals surface area (Å²) in [6, 6.07) is 7.22. The van der Waals surface area contributed by atoms with Crippen LogP contribution in [0.4, 0.5) is 49.7 Å². The number of rotatable bonds is 3. The molecule has 1 spiro atoms. The van der Waals surface area contributed by atoms with Crippen molar-refractivity contribution in [1.82, 2.24) is 14.9 Å².